The summed E-state index contributed by atoms with van der Waals surface area (Å²) in [5.41, 5.74) is 5.73. The monoisotopic (exact) mass is 936 g/mol. The maximum atomic E-state index is 13.3. The summed E-state index contributed by atoms with van der Waals surface area (Å²) >= 11 is 6.23. The van der Waals surface area contributed by atoms with Crippen molar-refractivity contribution in [3.05, 3.63) is 118 Å². The number of amides is 3. The predicted octanol–water partition coefficient (Wildman–Crippen LogP) is 7.29. The lowest BCUT2D eigenvalue weighted by Crippen LogP contribution is -2.74. The van der Waals surface area contributed by atoms with E-state index in [2.05, 4.69) is 42.4 Å². The highest BCUT2D eigenvalue weighted by atomic mass is 35.5. The van der Waals surface area contributed by atoms with Gasteiger partial charge in [-0.3, -0.25) is 29.0 Å². The Kier molecular flexibility index (Phi) is 13.0. The minimum Gasteiger partial charge on any atom is -0.489 e. The van der Waals surface area contributed by atoms with Gasteiger partial charge in [0.25, 0.3) is 11.8 Å². The van der Waals surface area contributed by atoms with Crippen LogP contribution in [0.2, 0.25) is 5.02 Å². The van der Waals surface area contributed by atoms with Crippen molar-refractivity contribution in [2.45, 2.75) is 85.2 Å². The molecule has 0 unspecified atom stereocenters. The first-order valence-electron chi connectivity index (χ1n) is 22.9. The van der Waals surface area contributed by atoms with Crippen LogP contribution < -0.4 is 15.4 Å². The van der Waals surface area contributed by atoms with Crippen molar-refractivity contribution in [1.29, 1.82) is 5.26 Å². The van der Waals surface area contributed by atoms with E-state index in [1.807, 2.05) is 63.1 Å². The second-order valence-electron chi connectivity index (χ2n) is 18.8. The van der Waals surface area contributed by atoms with Crippen LogP contribution >= 0.6 is 11.6 Å². The van der Waals surface area contributed by atoms with Crippen molar-refractivity contribution in [1.82, 2.24) is 45.2 Å². The van der Waals surface area contributed by atoms with Crippen LogP contribution in [-0.4, -0.2) is 97.4 Å². The van der Waals surface area contributed by atoms with Gasteiger partial charge in [0, 0.05) is 122 Å². The smallest absolute Gasteiger partial charge is 0.269 e. The molecule has 2 N–H and O–H groups in total. The van der Waals surface area contributed by atoms with Crippen LogP contribution in [0.25, 0.3) is 33.3 Å². The van der Waals surface area contributed by atoms with Gasteiger partial charge in [-0.2, -0.15) is 10.4 Å². The zero-order chi connectivity index (χ0) is 47.7. The number of fused-ring (bicyclic) bond motifs is 2. The lowest BCUT2D eigenvalue weighted by molar-refractivity contribution is -0.164. The summed E-state index contributed by atoms with van der Waals surface area (Å²) in [6.45, 7) is 12.9. The Morgan fingerprint density at radius 3 is 2.43 bits per heavy atom. The molecule has 0 atom stereocenters. The number of benzene rings is 2. The highest BCUT2D eigenvalue weighted by Gasteiger charge is 2.64. The van der Waals surface area contributed by atoms with E-state index < -0.39 is 10.8 Å². The number of nitriles is 1. The number of ether oxygens (including phenoxy) is 3. The molecule has 4 aromatic heterocycles. The summed E-state index contributed by atoms with van der Waals surface area (Å²) in [6.07, 6.45) is 8.78. The van der Waals surface area contributed by atoms with E-state index in [0.29, 0.717) is 59.7 Å². The van der Waals surface area contributed by atoms with E-state index >= 15 is 0 Å². The normalized spacial score (nSPS) is 18.5. The largest absolute Gasteiger partial charge is 0.489 e. The summed E-state index contributed by atoms with van der Waals surface area (Å²) in [5.74, 6) is 0.362. The molecule has 6 heterocycles. The van der Waals surface area contributed by atoms with Crippen LogP contribution in [0.1, 0.15) is 97.0 Å². The topological polar surface area (TPSA) is 199 Å². The first-order valence-corrected chi connectivity index (χ1v) is 23.2. The second kappa shape index (κ2) is 19.1. The van der Waals surface area contributed by atoms with Crippen LogP contribution in [0.3, 0.4) is 0 Å². The third-order valence-electron chi connectivity index (χ3n) is 13.5. The first-order chi connectivity index (χ1) is 32.7. The Hall–Kier alpha value is -6.80. The first kappa shape index (κ1) is 46.3. The molecule has 350 valence electrons. The van der Waals surface area contributed by atoms with Gasteiger partial charge in [-0.25, -0.2) is 9.97 Å². The summed E-state index contributed by atoms with van der Waals surface area (Å²) in [6, 6.07) is 18.7. The van der Waals surface area contributed by atoms with E-state index in [4.69, 9.17) is 35.9 Å². The molecule has 2 aromatic carbocycles. The Labute approximate surface area is 399 Å². The number of hydrogen-bond acceptors (Lipinski definition) is 12. The quantitative estimate of drug-likeness (QED) is 0.110. The van der Waals surface area contributed by atoms with E-state index in [1.165, 1.54) is 18.1 Å². The molecule has 16 nitrogen and oxygen atoms in total. The number of carbonyl (C=O) groups excluding carboxylic acids is 3. The molecule has 17 heteroatoms. The summed E-state index contributed by atoms with van der Waals surface area (Å²) in [5, 5.41) is 22.7. The Morgan fingerprint density at radius 2 is 1.72 bits per heavy atom. The Bertz CT molecular complexity index is 2910. The molecule has 68 heavy (non-hydrogen) atoms. The van der Waals surface area contributed by atoms with Crippen molar-refractivity contribution in [3.8, 4) is 34.3 Å². The molecule has 6 aromatic rings. The van der Waals surface area contributed by atoms with Crippen LogP contribution in [-0.2, 0) is 33.8 Å². The highest BCUT2D eigenvalue weighted by molar-refractivity contribution is 6.31. The van der Waals surface area contributed by atoms with Gasteiger partial charge in [0.1, 0.15) is 30.2 Å². The third kappa shape index (κ3) is 9.13. The number of pyridine rings is 2. The number of nitrogens with one attached hydrogen (secondary N) is 2. The van der Waals surface area contributed by atoms with Gasteiger partial charge < -0.3 is 29.7 Å². The Morgan fingerprint density at radius 1 is 0.941 bits per heavy atom. The van der Waals surface area contributed by atoms with Gasteiger partial charge in [-0.1, -0.05) is 57.5 Å². The molecule has 1 aliphatic carbocycles. The lowest BCUT2D eigenvalue weighted by atomic mass is 9.49. The predicted molar refractivity (Wildman–Crippen MR) is 254 cm³/mol. The van der Waals surface area contributed by atoms with Gasteiger partial charge in [0.05, 0.1) is 40.2 Å². The zero-order valence-corrected chi connectivity index (χ0v) is 39.5. The SMILES string of the molecule is CC(=O)N1CCc2c(c(-c3cccc4cc(-c5ccc(C(=O)NCCOCc6ncc(C(=O)NC7C(C)(C)C(Oc8ccc(C#N)c(Cl)c8)C7(C)C)cn6)nc5)ncc34)nn2C2CCOCC2)C1. The molecule has 1 saturated carbocycles. The number of rotatable bonds is 13. The molecule has 2 aliphatic heterocycles. The fourth-order valence-electron chi connectivity index (χ4n) is 10.2. The molecule has 0 spiro atoms. The van der Waals surface area contributed by atoms with Crippen molar-refractivity contribution in [2.75, 3.05) is 32.9 Å². The molecule has 9 rings (SSSR count). The average molecular weight is 938 g/mol. The van der Waals surface area contributed by atoms with Gasteiger partial charge in [-0.15, -0.1) is 0 Å². The van der Waals surface area contributed by atoms with Crippen LogP contribution in [0, 0.1) is 22.2 Å². The maximum absolute atomic E-state index is 13.3. The second-order valence-corrected chi connectivity index (χ2v) is 19.2. The van der Waals surface area contributed by atoms with Gasteiger partial charge >= 0.3 is 0 Å². The molecule has 0 bridgehead atoms. The highest BCUT2D eigenvalue weighted by Crippen LogP contribution is 2.55. The van der Waals surface area contributed by atoms with E-state index in [-0.39, 0.29) is 61.4 Å². The number of nitrogens with zero attached hydrogens (tertiary/aromatic N) is 8. The molecule has 1 saturated heterocycles. The number of aromatic nitrogens is 6. The molecule has 3 amide bonds. The standard InChI is InChI=1S/C51H53ClN10O6/c1-30(63)61-17-13-43-39(28-61)45(60-62(43)35-14-18-66-19-15-35)37-8-6-7-31-21-42(56-27-38(31)37)33-10-12-41(55-24-33)47(65)54-16-20-67-29-44-57-25-34(26-58-44)46(64)59-48-50(2,3)49(51(48,4)5)68-36-11-9-32(23-53)40(52)22-36/h6-12,21-22,24-27,35,48-49H,13-20,28-29H2,1-5H3,(H,54,65)(H,59,64). The molecular formula is C51H53ClN10O6. The van der Waals surface area contributed by atoms with Crippen LogP contribution in [0.4, 0.5) is 0 Å². The van der Waals surface area contributed by atoms with Gasteiger partial charge in [0.2, 0.25) is 5.91 Å². The molecule has 3 aliphatic rings. The molecule has 0 radical (unpaired) electrons. The minimum absolute atomic E-state index is 0.0569. The van der Waals surface area contributed by atoms with Crippen molar-refractivity contribution in [3.63, 3.8) is 0 Å². The average Bonchev–Trinajstić information content (AvgIpc) is 3.73. The van der Waals surface area contributed by atoms with Crippen LogP contribution in [0.5, 0.6) is 5.75 Å². The number of carbonyl (C=O) groups is 3. The third-order valence-corrected chi connectivity index (χ3v) is 13.9. The van der Waals surface area contributed by atoms with Gasteiger partial charge in [0.15, 0.2) is 5.82 Å². The molecule has 2 fully saturated rings. The lowest BCUT2D eigenvalue weighted by Gasteiger charge is -2.63. The minimum atomic E-state index is -0.424. The summed E-state index contributed by atoms with van der Waals surface area (Å²) in [4.78, 5) is 58.6. The number of halogens is 1. The fraction of sp³-hybridized carbons (Fsp3) is 0.392. The van der Waals surface area contributed by atoms with Crippen LogP contribution in [0.15, 0.2) is 79.4 Å². The summed E-state index contributed by atoms with van der Waals surface area (Å²) in [7, 11) is 0. The molecular weight excluding hydrogens is 884 g/mol. The van der Waals surface area contributed by atoms with Gasteiger partial charge in [-0.05, 0) is 48.6 Å². The van der Waals surface area contributed by atoms with E-state index in [9.17, 15) is 19.6 Å². The maximum Gasteiger partial charge on any atom is 0.269 e. The Balaban J connectivity index is 0.762. The van der Waals surface area contributed by atoms with E-state index in [0.717, 1.165) is 52.4 Å². The summed E-state index contributed by atoms with van der Waals surface area (Å²) < 4.78 is 19.9. The fourth-order valence-corrected chi connectivity index (χ4v) is 10.4. The van der Waals surface area contributed by atoms with Crippen molar-refractivity contribution >= 4 is 40.1 Å². The van der Waals surface area contributed by atoms with Crippen molar-refractivity contribution < 1.29 is 28.6 Å². The zero-order valence-electron chi connectivity index (χ0n) is 38.7. The van der Waals surface area contributed by atoms with Crippen molar-refractivity contribution in [2.24, 2.45) is 10.8 Å². The number of hydrogen-bond donors (Lipinski definition) is 2. The van der Waals surface area contributed by atoms with E-state index in [1.54, 1.807) is 37.4 Å².